The first kappa shape index (κ1) is 34.6. The zero-order valence-corrected chi connectivity index (χ0v) is 27.5. The Morgan fingerprint density at radius 2 is 1.95 bits per heavy atom. The van der Waals surface area contributed by atoms with E-state index in [9.17, 15) is 23.1 Å². The maximum absolute atomic E-state index is 14.2. The largest absolute Gasteiger partial charge is 0.490 e. The first-order chi connectivity index (χ1) is 20.3. The molecule has 0 saturated carbocycles. The monoisotopic (exact) mass is 638 g/mol. The van der Waals surface area contributed by atoms with Gasteiger partial charge in [0.2, 0.25) is 0 Å². The lowest BCUT2D eigenvalue weighted by Crippen LogP contribution is -2.49. The molecule has 4 atom stereocenters. The average molecular weight is 639 g/mol. The number of aliphatic hydroxyl groups is 1. The van der Waals surface area contributed by atoms with Crippen LogP contribution >= 0.6 is 11.3 Å². The molecule has 1 aromatic carbocycles. The highest BCUT2D eigenvalue weighted by atomic mass is 32.2. The molecule has 3 amide bonds. The minimum atomic E-state index is -3.84. The van der Waals surface area contributed by atoms with Crippen molar-refractivity contribution in [1.82, 2.24) is 15.1 Å². The summed E-state index contributed by atoms with van der Waals surface area (Å²) in [6, 6.07) is 7.07. The van der Waals surface area contributed by atoms with Crippen LogP contribution in [0.2, 0.25) is 0 Å². The number of amides is 3. The predicted molar refractivity (Wildman–Crippen MR) is 168 cm³/mol. The molecule has 0 unspecified atom stereocenters. The number of thiophene rings is 1. The Morgan fingerprint density at radius 1 is 1.21 bits per heavy atom. The van der Waals surface area contributed by atoms with Crippen molar-refractivity contribution in [1.29, 1.82) is 0 Å². The van der Waals surface area contributed by atoms with Crippen LogP contribution in [0.1, 0.15) is 64.2 Å². The van der Waals surface area contributed by atoms with E-state index in [2.05, 4.69) is 10.0 Å². The summed E-state index contributed by atoms with van der Waals surface area (Å²) in [6.45, 7) is 10.2. The van der Waals surface area contributed by atoms with Gasteiger partial charge in [-0.05, 0) is 76.6 Å². The zero-order valence-electron chi connectivity index (χ0n) is 25.9. The first-order valence-electron chi connectivity index (χ1n) is 14.7. The van der Waals surface area contributed by atoms with Gasteiger partial charge in [0.25, 0.3) is 15.9 Å². The smallest absolute Gasteiger partial charge is 0.317 e. The number of carbonyl (C=O) groups is 2. The molecule has 13 heteroatoms. The fraction of sp³-hybridized carbons (Fsp3) is 0.600. The average Bonchev–Trinajstić information content (AvgIpc) is 3.50. The van der Waals surface area contributed by atoms with E-state index in [-0.39, 0.29) is 58.8 Å². The molecule has 3 rings (SSSR count). The molecule has 1 aliphatic rings. The molecule has 0 fully saturated rings. The molecule has 0 radical (unpaired) electrons. The lowest BCUT2D eigenvalue weighted by atomic mass is 10.0. The number of likely N-dealkylation sites (N-methyl/N-ethyl adjacent to an activating group) is 1. The van der Waals surface area contributed by atoms with Crippen molar-refractivity contribution in [3.8, 4) is 5.75 Å². The Kier molecular flexibility index (Phi) is 12.7. The standard InChI is InChI=1S/C30H46N4O7S2/c1-20(2)31-30(37)33(6)18-27-21(3)17-34(22(4)19-35)29(36)25-16-24(32-43(38,39)28-11-9-15-42-28)12-13-26(25)41-23(5)10-7-8-14-40-27/h9,11-13,15-16,20-23,27,32,35H,7-8,10,14,17-19H2,1-6H3,(H,31,37)/t21-,22+,23-,27-/m1/s1. The highest BCUT2D eigenvalue weighted by Crippen LogP contribution is 2.30. The third-order valence-electron chi connectivity index (χ3n) is 7.28. The first-order valence-corrected chi connectivity index (χ1v) is 17.1. The summed E-state index contributed by atoms with van der Waals surface area (Å²) in [5, 5.41) is 14.7. The summed E-state index contributed by atoms with van der Waals surface area (Å²) in [4.78, 5) is 30.0. The van der Waals surface area contributed by atoms with Gasteiger partial charge in [0.1, 0.15) is 9.96 Å². The number of hydrogen-bond acceptors (Lipinski definition) is 8. The fourth-order valence-corrected chi connectivity index (χ4v) is 6.82. The molecule has 43 heavy (non-hydrogen) atoms. The second-order valence-electron chi connectivity index (χ2n) is 11.5. The second kappa shape index (κ2) is 15.7. The Balaban J connectivity index is 1.97. The van der Waals surface area contributed by atoms with Crippen molar-refractivity contribution in [2.75, 3.05) is 38.1 Å². The quantitative estimate of drug-likeness (QED) is 0.390. The Morgan fingerprint density at radius 3 is 2.60 bits per heavy atom. The Bertz CT molecular complexity index is 1300. The number of sulfonamides is 1. The summed E-state index contributed by atoms with van der Waals surface area (Å²) >= 11 is 1.10. The van der Waals surface area contributed by atoms with Crippen LogP contribution in [-0.4, -0.2) is 92.9 Å². The zero-order chi connectivity index (χ0) is 31.7. The maximum Gasteiger partial charge on any atom is 0.317 e. The molecule has 3 N–H and O–H groups in total. The molecular formula is C30H46N4O7S2. The Hall–Kier alpha value is -2.87. The van der Waals surface area contributed by atoms with Gasteiger partial charge in [-0.1, -0.05) is 13.0 Å². The summed E-state index contributed by atoms with van der Waals surface area (Å²) in [5.74, 6) is -0.275. The molecule has 0 aliphatic carbocycles. The van der Waals surface area contributed by atoms with Gasteiger partial charge in [-0.3, -0.25) is 9.52 Å². The van der Waals surface area contributed by atoms with Crippen molar-refractivity contribution >= 4 is 39.0 Å². The van der Waals surface area contributed by atoms with Crippen LogP contribution in [0.4, 0.5) is 10.5 Å². The number of hydrogen-bond donors (Lipinski definition) is 3. The minimum absolute atomic E-state index is 0.0141. The van der Waals surface area contributed by atoms with Crippen molar-refractivity contribution in [3.63, 3.8) is 0 Å². The predicted octanol–water partition coefficient (Wildman–Crippen LogP) is 4.39. The second-order valence-corrected chi connectivity index (χ2v) is 14.4. The fourth-order valence-electron chi connectivity index (χ4n) is 4.78. The molecule has 240 valence electrons. The van der Waals surface area contributed by atoms with Crippen LogP contribution in [0, 0.1) is 5.92 Å². The lowest BCUT2D eigenvalue weighted by molar-refractivity contribution is -0.0122. The summed E-state index contributed by atoms with van der Waals surface area (Å²) in [5.41, 5.74) is 0.412. The summed E-state index contributed by atoms with van der Waals surface area (Å²) in [7, 11) is -2.13. The van der Waals surface area contributed by atoms with E-state index in [0.29, 0.717) is 18.9 Å². The minimum Gasteiger partial charge on any atom is -0.490 e. The number of carbonyl (C=O) groups excluding carboxylic acids is 2. The van der Waals surface area contributed by atoms with Gasteiger partial charge in [-0.15, -0.1) is 11.3 Å². The van der Waals surface area contributed by atoms with Gasteiger partial charge in [0.05, 0.1) is 30.4 Å². The molecule has 2 heterocycles. The number of anilines is 1. The molecule has 2 aromatic rings. The number of rotatable bonds is 8. The number of fused-ring (bicyclic) bond motifs is 1. The van der Waals surface area contributed by atoms with E-state index < -0.39 is 22.0 Å². The number of ether oxygens (including phenoxy) is 2. The maximum atomic E-state index is 14.2. The van der Waals surface area contributed by atoms with Crippen LogP contribution in [0.3, 0.4) is 0 Å². The molecule has 1 aliphatic heterocycles. The van der Waals surface area contributed by atoms with Gasteiger partial charge >= 0.3 is 6.03 Å². The molecule has 0 bridgehead atoms. The normalized spacial score (nSPS) is 21.3. The van der Waals surface area contributed by atoms with E-state index in [1.54, 1.807) is 47.4 Å². The lowest BCUT2D eigenvalue weighted by Gasteiger charge is -2.36. The molecular weight excluding hydrogens is 592 g/mol. The van der Waals surface area contributed by atoms with Crippen molar-refractivity contribution in [3.05, 3.63) is 41.3 Å². The summed E-state index contributed by atoms with van der Waals surface area (Å²) in [6.07, 6.45) is 1.76. The highest BCUT2D eigenvalue weighted by molar-refractivity contribution is 7.94. The van der Waals surface area contributed by atoms with Crippen molar-refractivity contribution < 1.29 is 32.6 Å². The third-order valence-corrected chi connectivity index (χ3v) is 10.1. The molecule has 0 saturated heterocycles. The number of urea groups is 1. The van der Waals surface area contributed by atoms with Crippen LogP contribution < -0.4 is 14.8 Å². The van der Waals surface area contributed by atoms with E-state index in [1.807, 2.05) is 27.7 Å². The van der Waals surface area contributed by atoms with Gasteiger partial charge in [-0.25, -0.2) is 13.2 Å². The summed E-state index contributed by atoms with van der Waals surface area (Å²) < 4.78 is 41.1. The van der Waals surface area contributed by atoms with E-state index in [1.165, 1.54) is 12.1 Å². The van der Waals surface area contributed by atoms with Crippen LogP contribution in [0.15, 0.2) is 39.9 Å². The van der Waals surface area contributed by atoms with Gasteiger partial charge in [0, 0.05) is 44.4 Å². The number of nitrogens with one attached hydrogen (secondary N) is 2. The van der Waals surface area contributed by atoms with E-state index in [0.717, 1.165) is 30.6 Å². The highest BCUT2D eigenvalue weighted by Gasteiger charge is 2.31. The van der Waals surface area contributed by atoms with Gasteiger partial charge < -0.3 is 29.7 Å². The number of benzene rings is 1. The van der Waals surface area contributed by atoms with Crippen molar-refractivity contribution in [2.45, 2.75) is 82.4 Å². The topological polar surface area (TPSA) is 138 Å². The van der Waals surface area contributed by atoms with E-state index >= 15 is 0 Å². The van der Waals surface area contributed by atoms with E-state index in [4.69, 9.17) is 9.47 Å². The number of aliphatic hydroxyl groups excluding tert-OH is 1. The van der Waals surface area contributed by atoms with Gasteiger partial charge in [-0.2, -0.15) is 0 Å². The number of nitrogens with zero attached hydrogens (tertiary/aromatic N) is 2. The molecule has 11 nitrogen and oxygen atoms in total. The molecule has 0 spiro atoms. The third kappa shape index (κ3) is 9.82. The van der Waals surface area contributed by atoms with Crippen LogP contribution in [-0.2, 0) is 14.8 Å². The van der Waals surface area contributed by atoms with Gasteiger partial charge in [0.15, 0.2) is 0 Å². The van der Waals surface area contributed by atoms with Crippen LogP contribution in [0.5, 0.6) is 5.75 Å². The Labute approximate surface area is 259 Å². The van der Waals surface area contributed by atoms with Crippen molar-refractivity contribution in [2.24, 2.45) is 5.92 Å². The SMILES string of the molecule is CC(C)NC(=O)N(C)C[C@H]1OCCCC[C@@H](C)Oc2ccc(NS(=O)(=O)c3cccs3)cc2C(=O)N([C@@H](C)CO)C[C@H]1C. The molecule has 1 aromatic heterocycles. The van der Waals surface area contributed by atoms with Crippen LogP contribution in [0.25, 0.3) is 0 Å².